The first-order chi connectivity index (χ1) is 10.0. The Labute approximate surface area is 132 Å². The fraction of sp³-hybridized carbons (Fsp3) is 0.471. The minimum atomic E-state index is 0.464. The molecule has 1 aromatic carbocycles. The first-order valence-corrected chi connectivity index (χ1v) is 7.88. The fourth-order valence-electron chi connectivity index (χ4n) is 2.47. The van der Waals surface area contributed by atoms with E-state index in [1.54, 1.807) is 0 Å². The molecule has 1 unspecified atom stereocenters. The van der Waals surface area contributed by atoms with Crippen LogP contribution >= 0.6 is 11.6 Å². The summed E-state index contributed by atoms with van der Waals surface area (Å²) < 4.78 is 1.86. The molecule has 0 amide bonds. The number of aromatic nitrogens is 2. The molecule has 0 aliphatic heterocycles. The van der Waals surface area contributed by atoms with Crippen LogP contribution in [0.5, 0.6) is 0 Å². The number of hydrogen-bond donors (Lipinski definition) is 1. The highest BCUT2D eigenvalue weighted by Gasteiger charge is 2.13. The van der Waals surface area contributed by atoms with E-state index in [2.05, 4.69) is 42.6 Å². The standard InChI is InChI=1S/C17H24ClN3/c1-13(2)19-11-16(15-5-4-6-17(18)9-15)8-7-14-10-20-21(3)12-14/h4-6,9-10,12-13,16,19H,7-8,11H2,1-3H3. The molecule has 3 nitrogen and oxygen atoms in total. The summed E-state index contributed by atoms with van der Waals surface area (Å²) in [5.41, 5.74) is 2.59. The maximum atomic E-state index is 6.14. The zero-order valence-electron chi connectivity index (χ0n) is 13.0. The van der Waals surface area contributed by atoms with E-state index < -0.39 is 0 Å². The van der Waals surface area contributed by atoms with Gasteiger partial charge in [0.05, 0.1) is 6.20 Å². The Morgan fingerprint density at radius 1 is 1.33 bits per heavy atom. The maximum absolute atomic E-state index is 6.14. The number of rotatable bonds is 7. The van der Waals surface area contributed by atoms with Gasteiger partial charge in [-0.05, 0) is 42.0 Å². The van der Waals surface area contributed by atoms with Gasteiger partial charge in [0, 0.05) is 30.9 Å². The van der Waals surface area contributed by atoms with Crippen LogP contribution in [0.2, 0.25) is 5.02 Å². The normalized spacial score (nSPS) is 12.8. The van der Waals surface area contributed by atoms with Crippen LogP contribution in [0.3, 0.4) is 0 Å². The summed E-state index contributed by atoms with van der Waals surface area (Å²) in [5.74, 6) is 0.464. The van der Waals surface area contributed by atoms with Gasteiger partial charge in [-0.3, -0.25) is 4.68 Å². The van der Waals surface area contributed by atoms with Crippen LogP contribution < -0.4 is 5.32 Å². The molecule has 2 aromatic rings. The van der Waals surface area contributed by atoms with Gasteiger partial charge < -0.3 is 5.32 Å². The van der Waals surface area contributed by atoms with Gasteiger partial charge >= 0.3 is 0 Å². The predicted octanol–water partition coefficient (Wildman–Crippen LogP) is 3.79. The van der Waals surface area contributed by atoms with Gasteiger partial charge in [0.2, 0.25) is 0 Å². The molecule has 0 radical (unpaired) electrons. The molecule has 0 aliphatic carbocycles. The number of nitrogens with zero attached hydrogens (tertiary/aromatic N) is 2. The first kappa shape index (κ1) is 16.1. The predicted molar refractivity (Wildman–Crippen MR) is 88.9 cm³/mol. The van der Waals surface area contributed by atoms with Crippen molar-refractivity contribution in [3.63, 3.8) is 0 Å². The van der Waals surface area contributed by atoms with Crippen molar-refractivity contribution in [2.45, 2.75) is 38.6 Å². The van der Waals surface area contributed by atoms with Gasteiger partial charge in [0.15, 0.2) is 0 Å². The molecule has 1 heterocycles. The largest absolute Gasteiger partial charge is 0.314 e. The summed E-state index contributed by atoms with van der Waals surface area (Å²) in [4.78, 5) is 0. The Hall–Kier alpha value is -1.32. The third-order valence-corrected chi connectivity index (χ3v) is 3.87. The van der Waals surface area contributed by atoms with E-state index in [-0.39, 0.29) is 0 Å². The van der Waals surface area contributed by atoms with Gasteiger partial charge in [0.25, 0.3) is 0 Å². The van der Waals surface area contributed by atoms with Gasteiger partial charge in [-0.15, -0.1) is 0 Å². The van der Waals surface area contributed by atoms with Gasteiger partial charge in [-0.25, -0.2) is 0 Å². The van der Waals surface area contributed by atoms with E-state index >= 15 is 0 Å². The van der Waals surface area contributed by atoms with Crippen LogP contribution in [0.25, 0.3) is 0 Å². The number of halogens is 1. The zero-order chi connectivity index (χ0) is 15.2. The highest BCUT2D eigenvalue weighted by Crippen LogP contribution is 2.24. The maximum Gasteiger partial charge on any atom is 0.0521 e. The summed E-state index contributed by atoms with van der Waals surface area (Å²) in [5, 5.41) is 8.59. The van der Waals surface area contributed by atoms with Gasteiger partial charge in [-0.2, -0.15) is 5.10 Å². The lowest BCUT2D eigenvalue weighted by molar-refractivity contribution is 0.508. The second-order valence-electron chi connectivity index (χ2n) is 5.88. The molecular formula is C17H24ClN3. The molecule has 1 N–H and O–H groups in total. The van der Waals surface area contributed by atoms with Gasteiger partial charge in [0.1, 0.15) is 0 Å². The van der Waals surface area contributed by atoms with Crippen molar-refractivity contribution in [1.29, 1.82) is 0 Å². The zero-order valence-corrected chi connectivity index (χ0v) is 13.8. The summed E-state index contributed by atoms with van der Waals surface area (Å²) in [6.07, 6.45) is 6.16. The third-order valence-electron chi connectivity index (χ3n) is 3.63. The number of hydrogen-bond acceptors (Lipinski definition) is 2. The Bertz CT molecular complexity index is 563. The molecule has 0 fully saturated rings. The van der Waals surface area contributed by atoms with Crippen molar-refractivity contribution in [3.8, 4) is 0 Å². The number of benzene rings is 1. The molecule has 4 heteroatoms. The Balaban J connectivity index is 2.04. The van der Waals surface area contributed by atoms with Crippen LogP contribution in [-0.4, -0.2) is 22.4 Å². The van der Waals surface area contributed by atoms with Crippen molar-refractivity contribution in [3.05, 3.63) is 52.8 Å². The van der Waals surface area contributed by atoms with Crippen molar-refractivity contribution in [2.24, 2.45) is 7.05 Å². The fourth-order valence-corrected chi connectivity index (χ4v) is 2.67. The molecule has 1 aromatic heterocycles. The minimum absolute atomic E-state index is 0.464. The molecule has 0 saturated carbocycles. The number of aryl methyl sites for hydroxylation is 2. The topological polar surface area (TPSA) is 29.9 Å². The highest BCUT2D eigenvalue weighted by atomic mass is 35.5. The SMILES string of the molecule is CC(C)NCC(CCc1cnn(C)c1)c1cccc(Cl)c1. The van der Waals surface area contributed by atoms with Crippen LogP contribution in [0.15, 0.2) is 36.7 Å². The summed E-state index contributed by atoms with van der Waals surface area (Å²) in [6.45, 7) is 5.32. The molecule has 1 atom stereocenters. The lowest BCUT2D eigenvalue weighted by Gasteiger charge is -2.20. The van der Waals surface area contributed by atoms with Crippen LogP contribution in [0, 0.1) is 0 Å². The quantitative estimate of drug-likeness (QED) is 0.843. The molecule has 2 rings (SSSR count). The average Bonchev–Trinajstić information content (AvgIpc) is 2.84. The summed E-state index contributed by atoms with van der Waals surface area (Å²) in [7, 11) is 1.96. The Kier molecular flexibility index (Phi) is 5.83. The van der Waals surface area contributed by atoms with Crippen LogP contribution in [-0.2, 0) is 13.5 Å². The van der Waals surface area contributed by atoms with Crippen LogP contribution in [0.4, 0.5) is 0 Å². The van der Waals surface area contributed by atoms with Crippen molar-refractivity contribution in [1.82, 2.24) is 15.1 Å². The van der Waals surface area contributed by atoms with E-state index in [0.29, 0.717) is 12.0 Å². The molecule has 0 saturated heterocycles. The highest BCUT2D eigenvalue weighted by molar-refractivity contribution is 6.30. The van der Waals surface area contributed by atoms with Crippen LogP contribution in [0.1, 0.15) is 37.3 Å². The molecule has 114 valence electrons. The molecule has 0 bridgehead atoms. The van der Waals surface area contributed by atoms with Gasteiger partial charge in [-0.1, -0.05) is 37.6 Å². The van der Waals surface area contributed by atoms with E-state index in [1.165, 1.54) is 11.1 Å². The second kappa shape index (κ2) is 7.62. The van der Waals surface area contributed by atoms with Crippen molar-refractivity contribution >= 4 is 11.6 Å². The van der Waals surface area contributed by atoms with Crippen molar-refractivity contribution in [2.75, 3.05) is 6.54 Å². The third kappa shape index (κ3) is 5.18. The van der Waals surface area contributed by atoms with E-state index in [9.17, 15) is 0 Å². The molecular weight excluding hydrogens is 282 g/mol. The van der Waals surface area contributed by atoms with E-state index in [4.69, 9.17) is 11.6 Å². The van der Waals surface area contributed by atoms with E-state index in [0.717, 1.165) is 24.4 Å². The monoisotopic (exact) mass is 305 g/mol. The first-order valence-electron chi connectivity index (χ1n) is 7.51. The summed E-state index contributed by atoms with van der Waals surface area (Å²) >= 11 is 6.14. The minimum Gasteiger partial charge on any atom is -0.314 e. The van der Waals surface area contributed by atoms with Crippen molar-refractivity contribution < 1.29 is 0 Å². The smallest absolute Gasteiger partial charge is 0.0521 e. The Morgan fingerprint density at radius 2 is 2.14 bits per heavy atom. The molecule has 21 heavy (non-hydrogen) atoms. The average molecular weight is 306 g/mol. The van der Waals surface area contributed by atoms with E-state index in [1.807, 2.05) is 30.1 Å². The molecule has 0 spiro atoms. The summed E-state index contributed by atoms with van der Waals surface area (Å²) in [6, 6.07) is 8.70. The lowest BCUT2D eigenvalue weighted by atomic mass is 9.92. The number of nitrogens with one attached hydrogen (secondary N) is 1. The second-order valence-corrected chi connectivity index (χ2v) is 6.31. The lowest BCUT2D eigenvalue weighted by Crippen LogP contribution is -2.28. The molecule has 0 aliphatic rings. The Morgan fingerprint density at radius 3 is 2.76 bits per heavy atom.